The maximum Gasteiger partial charge on any atom is 0.123 e. The summed E-state index contributed by atoms with van der Waals surface area (Å²) in [6, 6.07) is 7.01. The lowest BCUT2D eigenvalue weighted by molar-refractivity contribution is 0.256. The second-order valence-electron chi connectivity index (χ2n) is 7.51. The van der Waals surface area contributed by atoms with Gasteiger partial charge in [-0.1, -0.05) is 32.4 Å². The molecule has 20 heavy (non-hydrogen) atoms. The zero-order valence-electron chi connectivity index (χ0n) is 12.6. The molecule has 0 radical (unpaired) electrons. The topological polar surface area (TPSA) is 26.0 Å². The SMILES string of the molecule is CC(C)(c1ccc(F)cc1)C(N)CC1CC2CCC1C2. The maximum atomic E-state index is 13.1. The molecule has 2 bridgehead atoms. The molecule has 2 fully saturated rings. The quantitative estimate of drug-likeness (QED) is 0.873. The van der Waals surface area contributed by atoms with Gasteiger partial charge in [-0.2, -0.15) is 0 Å². The summed E-state index contributed by atoms with van der Waals surface area (Å²) in [6.07, 6.45) is 6.80. The number of benzene rings is 1. The summed E-state index contributed by atoms with van der Waals surface area (Å²) in [5.41, 5.74) is 7.60. The van der Waals surface area contributed by atoms with Crippen LogP contribution in [-0.4, -0.2) is 6.04 Å². The highest BCUT2D eigenvalue weighted by Crippen LogP contribution is 2.50. The van der Waals surface area contributed by atoms with E-state index < -0.39 is 0 Å². The molecule has 1 aromatic rings. The molecule has 0 aromatic heterocycles. The van der Waals surface area contributed by atoms with Gasteiger partial charge >= 0.3 is 0 Å². The maximum absolute atomic E-state index is 13.1. The third kappa shape index (κ3) is 2.50. The number of nitrogens with two attached hydrogens (primary N) is 1. The first-order valence-electron chi connectivity index (χ1n) is 7.98. The van der Waals surface area contributed by atoms with E-state index in [2.05, 4.69) is 13.8 Å². The summed E-state index contributed by atoms with van der Waals surface area (Å²) < 4.78 is 13.1. The number of hydrogen-bond acceptors (Lipinski definition) is 1. The van der Waals surface area contributed by atoms with E-state index in [1.165, 1.54) is 25.7 Å². The van der Waals surface area contributed by atoms with Gasteiger partial charge < -0.3 is 5.73 Å². The Kier molecular flexibility index (Phi) is 3.62. The molecule has 2 aliphatic carbocycles. The first-order chi connectivity index (χ1) is 9.46. The highest BCUT2D eigenvalue weighted by Gasteiger charge is 2.41. The average Bonchev–Trinajstić information content (AvgIpc) is 3.01. The zero-order chi connectivity index (χ0) is 14.3. The Morgan fingerprint density at radius 3 is 2.45 bits per heavy atom. The minimum Gasteiger partial charge on any atom is -0.327 e. The van der Waals surface area contributed by atoms with Crippen molar-refractivity contribution in [3.63, 3.8) is 0 Å². The Hall–Kier alpha value is -0.890. The van der Waals surface area contributed by atoms with Crippen LogP contribution in [0.2, 0.25) is 0 Å². The summed E-state index contributed by atoms with van der Waals surface area (Å²) in [6.45, 7) is 4.39. The minimum atomic E-state index is -0.175. The van der Waals surface area contributed by atoms with Crippen molar-refractivity contribution in [1.29, 1.82) is 0 Å². The standard InChI is InChI=1S/C18H26FN/c1-18(2,15-5-7-16(19)8-6-15)17(20)11-14-10-12-3-4-13(14)9-12/h5-8,12-14,17H,3-4,9-11,20H2,1-2H3. The van der Waals surface area contributed by atoms with Gasteiger partial charge in [0.25, 0.3) is 0 Å². The van der Waals surface area contributed by atoms with Gasteiger partial charge in [-0.3, -0.25) is 0 Å². The molecule has 0 aliphatic heterocycles. The number of halogens is 1. The van der Waals surface area contributed by atoms with Crippen LogP contribution in [0.3, 0.4) is 0 Å². The van der Waals surface area contributed by atoms with Gasteiger partial charge in [0, 0.05) is 11.5 Å². The second-order valence-corrected chi connectivity index (χ2v) is 7.51. The summed E-state index contributed by atoms with van der Waals surface area (Å²) >= 11 is 0. The van der Waals surface area contributed by atoms with Gasteiger partial charge in [0.1, 0.15) is 5.82 Å². The molecular weight excluding hydrogens is 249 g/mol. The zero-order valence-corrected chi connectivity index (χ0v) is 12.6. The molecule has 1 nitrogen and oxygen atoms in total. The molecule has 4 unspecified atom stereocenters. The fourth-order valence-electron chi connectivity index (χ4n) is 4.38. The van der Waals surface area contributed by atoms with Crippen LogP contribution in [0.1, 0.15) is 51.5 Å². The van der Waals surface area contributed by atoms with E-state index in [4.69, 9.17) is 5.73 Å². The molecule has 3 rings (SSSR count). The Labute approximate surface area is 121 Å². The Morgan fingerprint density at radius 2 is 1.90 bits per heavy atom. The van der Waals surface area contributed by atoms with Crippen LogP contribution in [0.15, 0.2) is 24.3 Å². The molecule has 4 atom stereocenters. The summed E-state index contributed by atoms with van der Waals surface area (Å²) in [5.74, 6) is 2.55. The van der Waals surface area contributed by atoms with Gasteiger partial charge in [0.15, 0.2) is 0 Å². The van der Waals surface area contributed by atoms with E-state index in [9.17, 15) is 4.39 Å². The fourth-order valence-corrected chi connectivity index (χ4v) is 4.38. The minimum absolute atomic E-state index is 0.0878. The van der Waals surface area contributed by atoms with Gasteiger partial charge in [-0.15, -0.1) is 0 Å². The Balaban J connectivity index is 1.69. The number of fused-ring (bicyclic) bond motifs is 2. The van der Waals surface area contributed by atoms with E-state index in [0.717, 1.165) is 29.7 Å². The largest absolute Gasteiger partial charge is 0.327 e. The van der Waals surface area contributed by atoms with Crippen LogP contribution in [-0.2, 0) is 5.41 Å². The van der Waals surface area contributed by atoms with E-state index in [1.54, 1.807) is 12.1 Å². The van der Waals surface area contributed by atoms with Crippen LogP contribution in [0.4, 0.5) is 4.39 Å². The van der Waals surface area contributed by atoms with E-state index in [-0.39, 0.29) is 17.3 Å². The van der Waals surface area contributed by atoms with Crippen molar-refractivity contribution in [3.8, 4) is 0 Å². The van der Waals surface area contributed by atoms with Crippen LogP contribution >= 0.6 is 0 Å². The molecule has 2 N–H and O–H groups in total. The molecule has 110 valence electrons. The van der Waals surface area contributed by atoms with Gasteiger partial charge in [0.2, 0.25) is 0 Å². The van der Waals surface area contributed by atoms with Crippen LogP contribution < -0.4 is 5.73 Å². The first-order valence-corrected chi connectivity index (χ1v) is 7.98. The Morgan fingerprint density at radius 1 is 1.20 bits per heavy atom. The highest BCUT2D eigenvalue weighted by molar-refractivity contribution is 5.26. The smallest absolute Gasteiger partial charge is 0.123 e. The predicted octanol–water partition coefficient (Wildman–Crippen LogP) is 4.26. The van der Waals surface area contributed by atoms with Crippen molar-refractivity contribution in [2.75, 3.05) is 0 Å². The van der Waals surface area contributed by atoms with Crippen molar-refractivity contribution in [1.82, 2.24) is 0 Å². The molecule has 2 heteroatoms. The second kappa shape index (κ2) is 5.14. The van der Waals surface area contributed by atoms with Crippen molar-refractivity contribution in [2.45, 2.75) is 57.4 Å². The van der Waals surface area contributed by atoms with Crippen LogP contribution in [0, 0.1) is 23.6 Å². The lowest BCUT2D eigenvalue weighted by atomic mass is 9.72. The molecule has 0 saturated heterocycles. The molecular formula is C18H26FN. The van der Waals surface area contributed by atoms with Crippen molar-refractivity contribution in [2.24, 2.45) is 23.5 Å². The number of hydrogen-bond donors (Lipinski definition) is 1. The molecule has 2 aliphatic rings. The third-order valence-electron chi connectivity index (χ3n) is 5.96. The van der Waals surface area contributed by atoms with Crippen molar-refractivity contribution in [3.05, 3.63) is 35.6 Å². The molecule has 0 spiro atoms. The predicted molar refractivity (Wildman–Crippen MR) is 81.0 cm³/mol. The van der Waals surface area contributed by atoms with Crippen molar-refractivity contribution < 1.29 is 4.39 Å². The fraction of sp³-hybridized carbons (Fsp3) is 0.667. The lowest BCUT2D eigenvalue weighted by Crippen LogP contribution is -2.42. The normalized spacial score (nSPS) is 30.7. The van der Waals surface area contributed by atoms with Gasteiger partial charge in [0.05, 0.1) is 0 Å². The summed E-state index contributed by atoms with van der Waals surface area (Å²) in [7, 11) is 0. The number of rotatable bonds is 4. The van der Waals surface area contributed by atoms with Crippen molar-refractivity contribution >= 4 is 0 Å². The Bertz CT molecular complexity index is 465. The van der Waals surface area contributed by atoms with E-state index in [1.807, 2.05) is 12.1 Å². The van der Waals surface area contributed by atoms with E-state index in [0.29, 0.717) is 0 Å². The van der Waals surface area contributed by atoms with Crippen LogP contribution in [0.25, 0.3) is 0 Å². The molecule has 0 amide bonds. The van der Waals surface area contributed by atoms with Gasteiger partial charge in [-0.05, 0) is 61.1 Å². The first kappa shape index (κ1) is 14.1. The molecule has 0 heterocycles. The lowest BCUT2D eigenvalue weighted by Gasteiger charge is -2.35. The third-order valence-corrected chi connectivity index (χ3v) is 5.96. The van der Waals surface area contributed by atoms with Crippen LogP contribution in [0.5, 0.6) is 0 Å². The summed E-state index contributed by atoms with van der Waals surface area (Å²) in [5, 5.41) is 0. The average molecular weight is 275 g/mol. The monoisotopic (exact) mass is 275 g/mol. The summed E-state index contributed by atoms with van der Waals surface area (Å²) in [4.78, 5) is 0. The van der Waals surface area contributed by atoms with Gasteiger partial charge in [-0.25, -0.2) is 4.39 Å². The molecule has 1 aromatic carbocycles. The van der Waals surface area contributed by atoms with E-state index >= 15 is 0 Å². The molecule has 2 saturated carbocycles. The highest BCUT2D eigenvalue weighted by atomic mass is 19.1.